The molecule has 0 spiro atoms. The highest BCUT2D eigenvalue weighted by atomic mass is 15.1. The summed E-state index contributed by atoms with van der Waals surface area (Å²) in [6, 6.07) is 6.02. The Hall–Kier alpha value is -1.55. The third-order valence-electron chi connectivity index (χ3n) is 2.46. The first kappa shape index (κ1) is 9.98. The van der Waals surface area contributed by atoms with Crippen molar-refractivity contribution in [3.8, 4) is 0 Å². The van der Waals surface area contributed by atoms with Gasteiger partial charge in [-0.2, -0.15) is 0 Å². The van der Waals surface area contributed by atoms with Gasteiger partial charge in [0.15, 0.2) is 0 Å². The smallest absolute Gasteiger partial charge is 0.138 e. The van der Waals surface area contributed by atoms with Gasteiger partial charge in [0, 0.05) is 18.9 Å². The SMILES string of the molecule is CC(CN)CNc1cccc2nccn12. The summed E-state index contributed by atoms with van der Waals surface area (Å²) in [5.74, 6) is 1.54. The van der Waals surface area contributed by atoms with Crippen molar-refractivity contribution in [2.45, 2.75) is 6.92 Å². The molecule has 3 N–H and O–H groups in total. The van der Waals surface area contributed by atoms with Gasteiger partial charge in [0.2, 0.25) is 0 Å². The van der Waals surface area contributed by atoms with E-state index in [-0.39, 0.29) is 0 Å². The molecule has 0 bridgehead atoms. The van der Waals surface area contributed by atoms with Crippen molar-refractivity contribution in [2.24, 2.45) is 11.7 Å². The standard InChI is InChI=1S/C11H16N4/c1-9(7-12)8-14-11-4-2-3-10-13-5-6-15(10)11/h2-6,9,14H,7-8,12H2,1H3. The second-order valence-electron chi connectivity index (χ2n) is 3.79. The summed E-state index contributed by atoms with van der Waals surface area (Å²) < 4.78 is 2.03. The average Bonchev–Trinajstić information content (AvgIpc) is 2.74. The molecule has 2 aromatic heterocycles. The van der Waals surface area contributed by atoms with Gasteiger partial charge in [-0.25, -0.2) is 4.98 Å². The van der Waals surface area contributed by atoms with Crippen molar-refractivity contribution in [3.05, 3.63) is 30.6 Å². The molecule has 1 unspecified atom stereocenters. The first-order valence-electron chi connectivity index (χ1n) is 5.17. The second kappa shape index (κ2) is 4.31. The molecule has 2 aromatic rings. The largest absolute Gasteiger partial charge is 0.371 e. The minimum Gasteiger partial charge on any atom is -0.371 e. The van der Waals surface area contributed by atoms with Gasteiger partial charge in [0.05, 0.1) is 0 Å². The number of aromatic nitrogens is 2. The molecule has 2 heterocycles. The van der Waals surface area contributed by atoms with Crippen molar-refractivity contribution in [1.29, 1.82) is 0 Å². The summed E-state index contributed by atoms with van der Waals surface area (Å²) in [5.41, 5.74) is 6.53. The Labute approximate surface area is 89.1 Å². The maximum Gasteiger partial charge on any atom is 0.138 e. The predicted octanol–water partition coefficient (Wildman–Crippen LogP) is 1.34. The van der Waals surface area contributed by atoms with E-state index >= 15 is 0 Å². The fourth-order valence-corrected chi connectivity index (χ4v) is 1.45. The molecule has 0 amide bonds. The molecular weight excluding hydrogens is 188 g/mol. The van der Waals surface area contributed by atoms with Crippen LogP contribution in [0.15, 0.2) is 30.6 Å². The molecule has 80 valence electrons. The highest BCUT2D eigenvalue weighted by Gasteiger charge is 2.02. The van der Waals surface area contributed by atoms with E-state index in [1.54, 1.807) is 6.20 Å². The van der Waals surface area contributed by atoms with Crippen molar-refractivity contribution < 1.29 is 0 Å². The van der Waals surface area contributed by atoms with Gasteiger partial charge in [-0.15, -0.1) is 0 Å². The first-order chi connectivity index (χ1) is 7.31. The molecule has 0 aliphatic heterocycles. The average molecular weight is 204 g/mol. The van der Waals surface area contributed by atoms with Crippen molar-refractivity contribution >= 4 is 11.5 Å². The molecular formula is C11H16N4. The number of nitrogens with zero attached hydrogens (tertiary/aromatic N) is 2. The van der Waals surface area contributed by atoms with Crippen LogP contribution in [0.1, 0.15) is 6.92 Å². The number of nitrogens with two attached hydrogens (primary N) is 1. The summed E-state index contributed by atoms with van der Waals surface area (Å²) >= 11 is 0. The molecule has 0 aliphatic carbocycles. The Morgan fingerprint density at radius 1 is 1.53 bits per heavy atom. The lowest BCUT2D eigenvalue weighted by Gasteiger charge is -2.12. The Bertz CT molecular complexity index is 435. The van der Waals surface area contributed by atoms with Gasteiger partial charge in [-0.3, -0.25) is 4.40 Å². The summed E-state index contributed by atoms with van der Waals surface area (Å²) in [6.45, 7) is 3.71. The maximum atomic E-state index is 5.57. The van der Waals surface area contributed by atoms with Crippen LogP contribution in [-0.4, -0.2) is 22.5 Å². The monoisotopic (exact) mass is 204 g/mol. The zero-order valence-corrected chi connectivity index (χ0v) is 8.85. The highest BCUT2D eigenvalue weighted by molar-refractivity contribution is 5.49. The van der Waals surface area contributed by atoms with Gasteiger partial charge in [-0.1, -0.05) is 13.0 Å². The Kier molecular flexibility index (Phi) is 2.87. The van der Waals surface area contributed by atoms with Gasteiger partial charge in [-0.05, 0) is 24.6 Å². The normalized spacial score (nSPS) is 12.9. The lowest BCUT2D eigenvalue weighted by atomic mass is 10.2. The Balaban J connectivity index is 2.17. The number of hydrogen-bond acceptors (Lipinski definition) is 3. The molecule has 4 heteroatoms. The van der Waals surface area contributed by atoms with Crippen LogP contribution in [0.4, 0.5) is 5.82 Å². The molecule has 0 fully saturated rings. The summed E-state index contributed by atoms with van der Waals surface area (Å²) in [6.07, 6.45) is 3.75. The van der Waals surface area contributed by atoms with Crippen LogP contribution in [0.5, 0.6) is 0 Å². The van der Waals surface area contributed by atoms with Gasteiger partial charge in [0.25, 0.3) is 0 Å². The summed E-state index contributed by atoms with van der Waals surface area (Å²) in [7, 11) is 0. The minimum atomic E-state index is 0.476. The Morgan fingerprint density at radius 3 is 3.20 bits per heavy atom. The summed E-state index contributed by atoms with van der Waals surface area (Å²) in [5, 5.41) is 3.37. The highest BCUT2D eigenvalue weighted by Crippen LogP contribution is 2.11. The third-order valence-corrected chi connectivity index (χ3v) is 2.46. The van der Waals surface area contributed by atoms with E-state index in [0.29, 0.717) is 12.5 Å². The van der Waals surface area contributed by atoms with Crippen LogP contribution in [0, 0.1) is 5.92 Å². The minimum absolute atomic E-state index is 0.476. The van der Waals surface area contributed by atoms with Crippen LogP contribution in [-0.2, 0) is 0 Å². The van der Waals surface area contributed by atoms with E-state index < -0.39 is 0 Å². The van der Waals surface area contributed by atoms with Gasteiger partial charge in [0.1, 0.15) is 11.5 Å². The fourth-order valence-electron chi connectivity index (χ4n) is 1.45. The van der Waals surface area contributed by atoms with E-state index in [1.807, 2.05) is 28.8 Å². The molecule has 0 aliphatic rings. The van der Waals surface area contributed by atoms with E-state index in [0.717, 1.165) is 18.0 Å². The number of nitrogens with one attached hydrogen (secondary N) is 1. The lowest BCUT2D eigenvalue weighted by molar-refractivity contribution is 0.626. The van der Waals surface area contributed by atoms with Crippen LogP contribution in [0.2, 0.25) is 0 Å². The fraction of sp³-hybridized carbons (Fsp3) is 0.364. The molecule has 4 nitrogen and oxygen atoms in total. The first-order valence-corrected chi connectivity index (χ1v) is 5.17. The van der Waals surface area contributed by atoms with Crippen molar-refractivity contribution in [3.63, 3.8) is 0 Å². The van der Waals surface area contributed by atoms with E-state index in [4.69, 9.17) is 5.73 Å². The zero-order valence-electron chi connectivity index (χ0n) is 8.85. The molecule has 15 heavy (non-hydrogen) atoms. The number of anilines is 1. The molecule has 0 aromatic carbocycles. The van der Waals surface area contributed by atoms with Crippen LogP contribution in [0.25, 0.3) is 5.65 Å². The lowest BCUT2D eigenvalue weighted by Crippen LogP contribution is -2.20. The Morgan fingerprint density at radius 2 is 2.40 bits per heavy atom. The van der Waals surface area contributed by atoms with Crippen molar-refractivity contribution in [1.82, 2.24) is 9.38 Å². The topological polar surface area (TPSA) is 55.3 Å². The number of pyridine rings is 1. The quantitative estimate of drug-likeness (QED) is 0.790. The van der Waals surface area contributed by atoms with Gasteiger partial charge < -0.3 is 11.1 Å². The van der Waals surface area contributed by atoms with Gasteiger partial charge >= 0.3 is 0 Å². The van der Waals surface area contributed by atoms with Crippen molar-refractivity contribution in [2.75, 3.05) is 18.4 Å². The number of fused-ring (bicyclic) bond motifs is 1. The second-order valence-corrected chi connectivity index (χ2v) is 3.79. The van der Waals surface area contributed by atoms with Crippen LogP contribution >= 0.6 is 0 Å². The van der Waals surface area contributed by atoms with E-state index in [1.165, 1.54) is 0 Å². The molecule has 2 rings (SSSR count). The molecule has 0 radical (unpaired) electrons. The molecule has 0 saturated carbocycles. The third kappa shape index (κ3) is 2.10. The van der Waals surface area contributed by atoms with E-state index in [2.05, 4.69) is 17.2 Å². The van der Waals surface area contributed by atoms with Crippen LogP contribution in [0.3, 0.4) is 0 Å². The van der Waals surface area contributed by atoms with E-state index in [9.17, 15) is 0 Å². The number of hydrogen-bond donors (Lipinski definition) is 2. The number of imidazole rings is 1. The summed E-state index contributed by atoms with van der Waals surface area (Å²) in [4.78, 5) is 4.22. The molecule has 1 atom stereocenters. The number of rotatable bonds is 4. The maximum absolute atomic E-state index is 5.57. The zero-order chi connectivity index (χ0) is 10.7. The predicted molar refractivity (Wildman–Crippen MR) is 61.9 cm³/mol. The van der Waals surface area contributed by atoms with Crippen LogP contribution < -0.4 is 11.1 Å². The molecule has 0 saturated heterocycles.